The Bertz CT molecular complexity index is 941. The predicted octanol–water partition coefficient (Wildman–Crippen LogP) is 2.57. The number of hydrogen-bond acceptors (Lipinski definition) is 8. The molecule has 1 N–H and O–H groups in total. The van der Waals surface area contributed by atoms with Crippen molar-refractivity contribution in [3.8, 4) is 18.2 Å². The van der Waals surface area contributed by atoms with Crippen LogP contribution >= 0.6 is 0 Å². The Labute approximate surface area is 148 Å². The molecule has 3 aliphatic heterocycles. The molecule has 4 atom stereocenters. The largest absolute Gasteiger partial charge is 0.448 e. The minimum atomic E-state index is -2.05. The number of non-ortho nitro benzene ring substituents is 1. The lowest BCUT2D eigenvalue weighted by atomic mass is 9.51. The van der Waals surface area contributed by atoms with Gasteiger partial charge in [0.05, 0.1) is 29.0 Å². The predicted molar refractivity (Wildman–Crippen MR) is 85.0 cm³/mol. The fourth-order valence-corrected chi connectivity index (χ4v) is 3.77. The molecule has 3 saturated heterocycles. The number of nitro benzene ring substituents is 1. The molecule has 0 unspecified atom stereocenters. The van der Waals surface area contributed by atoms with Gasteiger partial charge >= 0.3 is 0 Å². The molecule has 0 radical (unpaired) electrons. The van der Waals surface area contributed by atoms with E-state index >= 15 is 0 Å². The Morgan fingerprint density at radius 1 is 1.27 bits per heavy atom. The van der Waals surface area contributed by atoms with E-state index in [1.54, 1.807) is 6.92 Å². The summed E-state index contributed by atoms with van der Waals surface area (Å²) < 4.78 is 11.4. The monoisotopic (exact) mass is 351 g/mol. The number of hydrogen-bond donors (Lipinski definition) is 1. The van der Waals surface area contributed by atoms with Crippen LogP contribution in [-0.2, 0) is 9.47 Å². The van der Waals surface area contributed by atoms with Gasteiger partial charge in [-0.25, -0.2) is 0 Å². The SMILES string of the molecule is C[C@@H]1C(C#N)(C#N)[C@@]2(C#N)C(=N)O[C@@]1(C)O[C@@H]2c1cccc([N+](=O)[O-])c1. The van der Waals surface area contributed by atoms with E-state index in [4.69, 9.17) is 14.9 Å². The smallest absolute Gasteiger partial charge is 0.269 e. The molecule has 0 spiro atoms. The van der Waals surface area contributed by atoms with Crippen LogP contribution in [0.3, 0.4) is 0 Å². The van der Waals surface area contributed by atoms with Crippen molar-refractivity contribution >= 4 is 11.6 Å². The highest BCUT2D eigenvalue weighted by atomic mass is 16.7. The highest BCUT2D eigenvalue weighted by Crippen LogP contribution is 2.66. The second-order valence-corrected chi connectivity index (χ2v) is 6.47. The van der Waals surface area contributed by atoms with Gasteiger partial charge in [0, 0.05) is 19.1 Å². The van der Waals surface area contributed by atoms with Crippen molar-refractivity contribution in [2.75, 3.05) is 0 Å². The average Bonchev–Trinajstić information content (AvgIpc) is 2.63. The molecule has 3 aliphatic rings. The summed E-state index contributed by atoms with van der Waals surface area (Å²) in [6.07, 6.45) is -1.24. The Hall–Kier alpha value is -3.48. The van der Waals surface area contributed by atoms with Gasteiger partial charge < -0.3 is 9.47 Å². The first-order valence-corrected chi connectivity index (χ1v) is 7.66. The summed E-state index contributed by atoms with van der Waals surface area (Å²) in [5.74, 6) is -2.89. The molecule has 130 valence electrons. The van der Waals surface area contributed by atoms with E-state index in [0.29, 0.717) is 0 Å². The van der Waals surface area contributed by atoms with Gasteiger partial charge in [-0.05, 0) is 5.56 Å². The third kappa shape index (κ3) is 1.77. The molecule has 9 nitrogen and oxygen atoms in total. The summed E-state index contributed by atoms with van der Waals surface area (Å²) in [5.41, 5.74) is -3.98. The minimum Gasteiger partial charge on any atom is -0.448 e. The number of nitriles is 3. The molecule has 4 rings (SSSR count). The molecule has 26 heavy (non-hydrogen) atoms. The maximum atomic E-state index is 11.1. The lowest BCUT2D eigenvalue weighted by Gasteiger charge is -2.60. The van der Waals surface area contributed by atoms with Crippen LogP contribution in [0.2, 0.25) is 0 Å². The molecule has 3 fully saturated rings. The van der Waals surface area contributed by atoms with E-state index in [9.17, 15) is 25.9 Å². The Balaban J connectivity index is 2.32. The fourth-order valence-electron chi connectivity index (χ4n) is 3.77. The first-order chi connectivity index (χ1) is 12.2. The second-order valence-electron chi connectivity index (χ2n) is 6.47. The molecule has 0 saturated carbocycles. The average molecular weight is 351 g/mol. The summed E-state index contributed by atoms with van der Waals surface area (Å²) in [5, 5.41) is 49.0. The second kappa shape index (κ2) is 5.26. The highest BCUT2D eigenvalue weighted by Gasteiger charge is 2.78. The van der Waals surface area contributed by atoms with E-state index in [1.807, 2.05) is 18.2 Å². The van der Waals surface area contributed by atoms with E-state index < -0.39 is 39.5 Å². The zero-order valence-corrected chi connectivity index (χ0v) is 13.9. The summed E-state index contributed by atoms with van der Waals surface area (Å²) in [6, 6.07) is 11.1. The molecule has 1 aromatic rings. The zero-order chi connectivity index (χ0) is 19.3. The van der Waals surface area contributed by atoms with Crippen LogP contribution in [0, 0.1) is 66.3 Å². The molecule has 2 bridgehead atoms. The lowest BCUT2D eigenvalue weighted by molar-refractivity contribution is -0.385. The van der Waals surface area contributed by atoms with E-state index in [1.165, 1.54) is 31.2 Å². The van der Waals surface area contributed by atoms with Gasteiger partial charge in [0.2, 0.25) is 11.7 Å². The Morgan fingerprint density at radius 2 is 1.92 bits per heavy atom. The van der Waals surface area contributed by atoms with E-state index in [-0.39, 0.29) is 11.3 Å². The number of benzene rings is 1. The Morgan fingerprint density at radius 3 is 2.46 bits per heavy atom. The van der Waals surface area contributed by atoms with Crippen LogP contribution in [0.5, 0.6) is 0 Å². The molecule has 9 heteroatoms. The summed E-state index contributed by atoms with van der Waals surface area (Å²) in [4.78, 5) is 10.5. The van der Waals surface area contributed by atoms with Gasteiger partial charge in [0.25, 0.3) is 5.69 Å². The van der Waals surface area contributed by atoms with Crippen LogP contribution in [0.4, 0.5) is 5.69 Å². The normalized spacial score (nSPS) is 34.0. The molecule has 3 heterocycles. The van der Waals surface area contributed by atoms with E-state index in [2.05, 4.69) is 0 Å². The standard InChI is InChI=1S/C17H13N5O4/c1-10-15(2)25-13(11-4-3-5-12(6-11)22(23)24)17(9-20,14(21)26-15)16(10,7-18)8-19/h3-6,10,13,21H,1-2H3/t10-,13+,15+,17+/m0/s1. The molecular weight excluding hydrogens is 338 g/mol. The number of nitrogens with zero attached hydrogens (tertiary/aromatic N) is 4. The Kier molecular flexibility index (Phi) is 3.51. The fraction of sp³-hybridized carbons (Fsp3) is 0.412. The van der Waals surface area contributed by atoms with Crippen LogP contribution in [0.25, 0.3) is 0 Å². The number of nitrogens with one attached hydrogen (secondary N) is 1. The summed E-state index contributed by atoms with van der Waals surface area (Å²) in [6.45, 7) is 3.04. The van der Waals surface area contributed by atoms with E-state index in [0.717, 1.165) is 0 Å². The van der Waals surface area contributed by atoms with Crippen molar-refractivity contribution in [2.24, 2.45) is 16.7 Å². The highest BCUT2D eigenvalue weighted by molar-refractivity contribution is 5.88. The van der Waals surface area contributed by atoms with Crippen LogP contribution in [0.1, 0.15) is 25.5 Å². The van der Waals surface area contributed by atoms with Gasteiger partial charge in [0.15, 0.2) is 10.8 Å². The van der Waals surface area contributed by atoms with Gasteiger partial charge in [-0.1, -0.05) is 19.1 Å². The first kappa shape index (κ1) is 17.3. The molecule has 0 aromatic heterocycles. The van der Waals surface area contributed by atoms with Gasteiger partial charge in [0.1, 0.15) is 6.10 Å². The van der Waals surface area contributed by atoms with Crippen molar-refractivity contribution in [2.45, 2.75) is 25.7 Å². The molecular formula is C17H13N5O4. The van der Waals surface area contributed by atoms with Crippen molar-refractivity contribution in [3.05, 3.63) is 39.9 Å². The third-order valence-corrected chi connectivity index (χ3v) is 5.38. The van der Waals surface area contributed by atoms with Gasteiger partial charge in [-0.3, -0.25) is 15.5 Å². The maximum absolute atomic E-state index is 11.1. The van der Waals surface area contributed by atoms with Crippen molar-refractivity contribution < 1.29 is 14.4 Å². The molecule has 0 amide bonds. The van der Waals surface area contributed by atoms with Crippen LogP contribution in [0.15, 0.2) is 24.3 Å². The van der Waals surface area contributed by atoms with Gasteiger partial charge in [-0.15, -0.1) is 0 Å². The van der Waals surface area contributed by atoms with Crippen molar-refractivity contribution in [1.82, 2.24) is 0 Å². The quantitative estimate of drug-likeness (QED) is 0.633. The number of fused-ring (bicyclic) bond motifs is 3. The maximum Gasteiger partial charge on any atom is 0.269 e. The summed E-state index contributed by atoms with van der Waals surface area (Å²) >= 11 is 0. The number of rotatable bonds is 2. The minimum absolute atomic E-state index is 0.224. The number of nitro groups is 1. The zero-order valence-electron chi connectivity index (χ0n) is 13.9. The van der Waals surface area contributed by atoms with Crippen LogP contribution in [-0.4, -0.2) is 16.6 Å². The molecule has 0 aliphatic carbocycles. The topological polar surface area (TPSA) is 157 Å². The summed E-state index contributed by atoms with van der Waals surface area (Å²) in [7, 11) is 0. The van der Waals surface area contributed by atoms with Gasteiger partial charge in [-0.2, -0.15) is 15.8 Å². The first-order valence-electron chi connectivity index (χ1n) is 7.66. The van der Waals surface area contributed by atoms with Crippen LogP contribution < -0.4 is 0 Å². The third-order valence-electron chi connectivity index (χ3n) is 5.38. The van der Waals surface area contributed by atoms with Crippen molar-refractivity contribution in [3.63, 3.8) is 0 Å². The lowest BCUT2D eigenvalue weighted by Crippen LogP contribution is -2.71. The van der Waals surface area contributed by atoms with Crippen molar-refractivity contribution in [1.29, 1.82) is 21.2 Å². The molecule has 1 aromatic carbocycles. The number of ether oxygens (including phenoxy) is 2.